The van der Waals surface area contributed by atoms with Gasteiger partial charge in [0.05, 0.1) is 17.9 Å². The van der Waals surface area contributed by atoms with E-state index < -0.39 is 5.97 Å². The highest BCUT2D eigenvalue weighted by Crippen LogP contribution is 2.38. The SMILES string of the molecule is CCOC(=O)c1c(NC(=O)CSc2nnc(Cc3ccccc3)c(=O)[nH]2)sc2c1CCCC2. The first-order valence-corrected chi connectivity index (χ1v) is 12.6. The Hall–Kier alpha value is -2.98. The number of nitrogens with zero attached hydrogens (tertiary/aromatic N) is 2. The molecule has 3 aromatic rings. The zero-order valence-corrected chi connectivity index (χ0v) is 19.8. The number of hydrogen-bond acceptors (Lipinski definition) is 8. The van der Waals surface area contributed by atoms with Crippen LogP contribution >= 0.6 is 23.1 Å². The molecule has 2 N–H and O–H groups in total. The number of thiophene rings is 1. The third-order valence-electron chi connectivity index (χ3n) is 5.20. The molecular formula is C23H24N4O4S2. The van der Waals surface area contributed by atoms with Gasteiger partial charge >= 0.3 is 5.97 Å². The third-order valence-corrected chi connectivity index (χ3v) is 7.27. The fourth-order valence-electron chi connectivity index (χ4n) is 3.69. The Bertz CT molecular complexity index is 1210. The highest BCUT2D eigenvalue weighted by molar-refractivity contribution is 7.99. The normalized spacial score (nSPS) is 12.8. The summed E-state index contributed by atoms with van der Waals surface area (Å²) >= 11 is 2.53. The van der Waals surface area contributed by atoms with Crippen molar-refractivity contribution in [3.8, 4) is 0 Å². The quantitative estimate of drug-likeness (QED) is 0.371. The number of anilines is 1. The van der Waals surface area contributed by atoms with E-state index in [4.69, 9.17) is 4.74 Å². The number of H-pyrrole nitrogens is 1. The molecule has 8 nitrogen and oxygen atoms in total. The molecule has 0 saturated carbocycles. The molecule has 0 aliphatic heterocycles. The van der Waals surface area contributed by atoms with Gasteiger partial charge in [-0.15, -0.1) is 21.5 Å². The highest BCUT2D eigenvalue weighted by atomic mass is 32.2. The second kappa shape index (κ2) is 10.8. The number of fused-ring (bicyclic) bond motifs is 1. The lowest BCUT2D eigenvalue weighted by molar-refractivity contribution is -0.113. The summed E-state index contributed by atoms with van der Waals surface area (Å²) in [6, 6.07) is 9.54. The predicted molar refractivity (Wildman–Crippen MR) is 128 cm³/mol. The molecule has 2 aromatic heterocycles. The van der Waals surface area contributed by atoms with Gasteiger partial charge in [0.25, 0.3) is 5.56 Å². The Kier molecular flexibility index (Phi) is 7.56. The van der Waals surface area contributed by atoms with Crippen LogP contribution in [-0.2, 0) is 28.8 Å². The Morgan fingerprint density at radius 1 is 1.18 bits per heavy atom. The number of amides is 1. The first-order chi connectivity index (χ1) is 16.0. The monoisotopic (exact) mass is 484 g/mol. The molecule has 0 atom stereocenters. The largest absolute Gasteiger partial charge is 0.462 e. The molecule has 0 unspecified atom stereocenters. The number of aromatic nitrogens is 3. The van der Waals surface area contributed by atoms with Crippen LogP contribution in [0.2, 0.25) is 0 Å². The summed E-state index contributed by atoms with van der Waals surface area (Å²) in [5, 5.41) is 11.7. The fourth-order valence-corrected chi connectivity index (χ4v) is 5.58. The zero-order chi connectivity index (χ0) is 23.2. The number of nitrogens with one attached hydrogen (secondary N) is 2. The highest BCUT2D eigenvalue weighted by Gasteiger charge is 2.27. The molecule has 1 aliphatic rings. The molecule has 0 bridgehead atoms. The number of rotatable bonds is 8. The van der Waals surface area contributed by atoms with Crippen LogP contribution in [0.4, 0.5) is 5.00 Å². The molecule has 0 fully saturated rings. The van der Waals surface area contributed by atoms with Gasteiger partial charge in [0.15, 0.2) is 5.16 Å². The topological polar surface area (TPSA) is 114 Å². The van der Waals surface area contributed by atoms with Crippen molar-refractivity contribution in [2.24, 2.45) is 0 Å². The van der Waals surface area contributed by atoms with E-state index in [1.807, 2.05) is 30.3 Å². The van der Waals surface area contributed by atoms with Gasteiger partial charge in [-0.1, -0.05) is 42.1 Å². The van der Waals surface area contributed by atoms with E-state index in [2.05, 4.69) is 20.5 Å². The Labute approximate surface area is 199 Å². The molecule has 0 spiro atoms. The van der Waals surface area contributed by atoms with Crippen molar-refractivity contribution in [1.82, 2.24) is 15.2 Å². The Balaban J connectivity index is 1.41. The molecule has 1 aromatic carbocycles. The average Bonchev–Trinajstić information content (AvgIpc) is 3.18. The van der Waals surface area contributed by atoms with E-state index in [0.717, 1.165) is 53.4 Å². The summed E-state index contributed by atoms with van der Waals surface area (Å²) in [5.74, 6) is -0.669. The number of thioether (sulfide) groups is 1. The number of carbonyl (C=O) groups is 2. The molecular weight excluding hydrogens is 460 g/mol. The lowest BCUT2D eigenvalue weighted by atomic mass is 9.95. The molecule has 0 saturated heterocycles. The lowest BCUT2D eigenvalue weighted by Gasteiger charge is -2.12. The number of aryl methyl sites for hydroxylation is 1. The third kappa shape index (κ3) is 5.69. The average molecular weight is 485 g/mol. The van der Waals surface area contributed by atoms with Crippen molar-refractivity contribution in [2.45, 2.75) is 44.2 Å². The lowest BCUT2D eigenvalue weighted by Crippen LogP contribution is -2.20. The van der Waals surface area contributed by atoms with Gasteiger partial charge < -0.3 is 10.1 Å². The number of esters is 1. The van der Waals surface area contributed by atoms with Crippen LogP contribution in [0.5, 0.6) is 0 Å². The van der Waals surface area contributed by atoms with Crippen LogP contribution in [0.3, 0.4) is 0 Å². The van der Waals surface area contributed by atoms with Crippen LogP contribution in [0, 0.1) is 0 Å². The van der Waals surface area contributed by atoms with Crippen LogP contribution in [0.15, 0.2) is 40.3 Å². The Morgan fingerprint density at radius 3 is 2.73 bits per heavy atom. The molecule has 10 heteroatoms. The minimum atomic E-state index is -0.399. The van der Waals surface area contributed by atoms with E-state index in [9.17, 15) is 14.4 Å². The van der Waals surface area contributed by atoms with E-state index in [1.165, 1.54) is 11.3 Å². The smallest absolute Gasteiger partial charge is 0.341 e. The maximum atomic E-state index is 12.6. The predicted octanol–water partition coefficient (Wildman–Crippen LogP) is 3.60. The summed E-state index contributed by atoms with van der Waals surface area (Å²) in [7, 11) is 0. The number of hydrogen-bond donors (Lipinski definition) is 2. The van der Waals surface area contributed by atoms with Crippen LogP contribution in [0.1, 0.15) is 51.8 Å². The summed E-state index contributed by atoms with van der Waals surface area (Å²) in [4.78, 5) is 41.3. The molecule has 33 heavy (non-hydrogen) atoms. The van der Waals surface area contributed by atoms with Gasteiger partial charge in [0.1, 0.15) is 10.7 Å². The number of benzene rings is 1. The maximum absolute atomic E-state index is 12.6. The van der Waals surface area contributed by atoms with Gasteiger partial charge in [-0.25, -0.2) is 4.79 Å². The van der Waals surface area contributed by atoms with Crippen LogP contribution in [-0.4, -0.2) is 39.4 Å². The first-order valence-electron chi connectivity index (χ1n) is 10.8. The van der Waals surface area contributed by atoms with Gasteiger partial charge in [-0.3, -0.25) is 14.6 Å². The summed E-state index contributed by atoms with van der Waals surface area (Å²) in [5.41, 5.74) is 2.43. The van der Waals surface area contributed by atoms with Crippen molar-refractivity contribution < 1.29 is 14.3 Å². The summed E-state index contributed by atoms with van der Waals surface area (Å²) in [6.45, 7) is 2.04. The maximum Gasteiger partial charge on any atom is 0.341 e. The van der Waals surface area contributed by atoms with Crippen molar-refractivity contribution in [3.63, 3.8) is 0 Å². The van der Waals surface area contributed by atoms with Gasteiger partial charge in [-0.2, -0.15) is 0 Å². The van der Waals surface area contributed by atoms with E-state index in [-0.39, 0.29) is 29.0 Å². The van der Waals surface area contributed by atoms with E-state index >= 15 is 0 Å². The number of ether oxygens (including phenoxy) is 1. The van der Waals surface area contributed by atoms with Gasteiger partial charge in [0, 0.05) is 11.3 Å². The minimum absolute atomic E-state index is 0.0213. The molecule has 2 heterocycles. The fraction of sp³-hybridized carbons (Fsp3) is 0.348. The Morgan fingerprint density at radius 2 is 1.97 bits per heavy atom. The van der Waals surface area contributed by atoms with Crippen LogP contribution < -0.4 is 10.9 Å². The minimum Gasteiger partial charge on any atom is -0.462 e. The standard InChI is InChI=1S/C23H24N4O4S2/c1-2-31-22(30)19-15-10-6-7-11-17(15)33-21(19)24-18(28)13-32-23-25-20(29)16(26-27-23)12-14-8-4-3-5-9-14/h3-5,8-9H,2,6-7,10-13H2,1H3,(H,24,28)(H,25,27,29). The van der Waals surface area contributed by atoms with Gasteiger partial charge in [0.2, 0.25) is 5.91 Å². The summed E-state index contributed by atoms with van der Waals surface area (Å²) < 4.78 is 5.22. The van der Waals surface area contributed by atoms with Crippen molar-refractivity contribution in [1.29, 1.82) is 0 Å². The van der Waals surface area contributed by atoms with Crippen LogP contribution in [0.25, 0.3) is 0 Å². The zero-order valence-electron chi connectivity index (χ0n) is 18.2. The molecule has 1 aliphatic carbocycles. The van der Waals surface area contributed by atoms with Gasteiger partial charge in [-0.05, 0) is 43.7 Å². The summed E-state index contributed by atoms with van der Waals surface area (Å²) in [6.07, 6.45) is 4.20. The van der Waals surface area contributed by atoms with E-state index in [0.29, 0.717) is 22.7 Å². The van der Waals surface area contributed by atoms with Crippen molar-refractivity contribution >= 4 is 40.0 Å². The molecule has 4 rings (SSSR count). The van der Waals surface area contributed by atoms with E-state index in [1.54, 1.807) is 6.92 Å². The molecule has 1 amide bonds. The number of aromatic amines is 1. The number of carbonyl (C=O) groups excluding carboxylic acids is 2. The second-order valence-electron chi connectivity index (χ2n) is 7.54. The van der Waals surface area contributed by atoms with Crippen molar-refractivity contribution in [2.75, 3.05) is 17.7 Å². The first kappa shape index (κ1) is 23.2. The molecule has 172 valence electrons. The molecule has 0 radical (unpaired) electrons. The second-order valence-corrected chi connectivity index (χ2v) is 9.61. The van der Waals surface area contributed by atoms with Crippen molar-refractivity contribution in [3.05, 3.63) is 67.9 Å².